The Morgan fingerprint density at radius 3 is 2.67 bits per heavy atom. The monoisotopic (exact) mass is 471 g/mol. The van der Waals surface area contributed by atoms with Gasteiger partial charge in [-0.15, -0.1) is 0 Å². The molecule has 0 aliphatic heterocycles. The number of para-hydroxylation sites is 1. The second-order valence-corrected chi connectivity index (χ2v) is 8.53. The number of halogens is 1. The summed E-state index contributed by atoms with van der Waals surface area (Å²) in [5.74, 6) is 0.498. The van der Waals surface area contributed by atoms with Gasteiger partial charge < -0.3 is 9.47 Å². The number of methoxy groups -OCH3 is 1. The van der Waals surface area contributed by atoms with Crippen molar-refractivity contribution < 1.29 is 14.3 Å². The first-order valence-corrected chi connectivity index (χ1v) is 10.1. The fraction of sp³-hybridized carbons (Fsp3) is 0.273. The highest BCUT2D eigenvalue weighted by Gasteiger charge is 2.23. The number of esters is 1. The lowest BCUT2D eigenvalue weighted by atomic mass is 9.95. The molecule has 1 aromatic heterocycles. The zero-order chi connectivity index (χ0) is 21.9. The number of rotatable bonds is 5. The van der Waals surface area contributed by atoms with Crippen LogP contribution in [0.15, 0.2) is 56.8 Å². The summed E-state index contributed by atoms with van der Waals surface area (Å²) in [6.07, 6.45) is 1.52. The van der Waals surface area contributed by atoms with E-state index in [9.17, 15) is 9.59 Å². The Kier molecular flexibility index (Phi) is 6.36. The molecule has 0 N–H and O–H groups in total. The fourth-order valence-electron chi connectivity index (χ4n) is 2.78. The maximum Gasteiger partial charge on any atom is 0.343 e. The van der Waals surface area contributed by atoms with Gasteiger partial charge in [0.15, 0.2) is 6.61 Å². The third kappa shape index (κ3) is 4.76. The molecule has 0 fully saturated rings. The SMILES string of the molecule is COC(=O)COc1ccccc1C=Nn1c(C(C)(C)C)nc2ccc(Br)cc2c1=O. The molecule has 0 aliphatic rings. The summed E-state index contributed by atoms with van der Waals surface area (Å²) in [5.41, 5.74) is 0.540. The standard InChI is InChI=1S/C22H22BrN3O4/c1-22(2,3)21-25-17-10-9-15(23)11-16(17)20(28)26(21)24-12-14-7-5-6-8-18(14)30-13-19(27)29-4/h5-12H,13H2,1-4H3. The second-order valence-electron chi connectivity index (χ2n) is 7.61. The van der Waals surface area contributed by atoms with Crippen LogP contribution in [-0.4, -0.2) is 35.6 Å². The summed E-state index contributed by atoms with van der Waals surface area (Å²) in [7, 11) is 1.30. The Morgan fingerprint density at radius 1 is 1.23 bits per heavy atom. The van der Waals surface area contributed by atoms with Crippen LogP contribution in [0.3, 0.4) is 0 Å². The summed E-state index contributed by atoms with van der Waals surface area (Å²) in [4.78, 5) is 29.3. The van der Waals surface area contributed by atoms with Crippen LogP contribution in [0.1, 0.15) is 32.2 Å². The first-order valence-electron chi connectivity index (χ1n) is 9.26. The first kappa shape index (κ1) is 21.7. The Balaban J connectivity index is 2.10. The number of hydrogen-bond donors (Lipinski definition) is 0. The molecule has 156 valence electrons. The number of benzene rings is 2. The van der Waals surface area contributed by atoms with E-state index in [0.717, 1.165) is 4.47 Å². The number of carbonyl (C=O) groups excluding carboxylic acids is 1. The van der Waals surface area contributed by atoms with Crippen molar-refractivity contribution in [2.45, 2.75) is 26.2 Å². The van der Waals surface area contributed by atoms with Gasteiger partial charge in [-0.3, -0.25) is 4.79 Å². The normalized spacial score (nSPS) is 11.8. The van der Waals surface area contributed by atoms with Crippen LogP contribution in [0, 0.1) is 0 Å². The molecule has 8 heteroatoms. The minimum absolute atomic E-state index is 0.222. The van der Waals surface area contributed by atoms with Gasteiger partial charge in [0.25, 0.3) is 5.56 Å². The molecule has 0 saturated carbocycles. The van der Waals surface area contributed by atoms with Gasteiger partial charge in [-0.2, -0.15) is 9.78 Å². The number of hydrogen-bond acceptors (Lipinski definition) is 6. The van der Waals surface area contributed by atoms with E-state index in [-0.39, 0.29) is 12.2 Å². The Hall–Kier alpha value is -3.00. The zero-order valence-electron chi connectivity index (χ0n) is 17.2. The highest BCUT2D eigenvalue weighted by Crippen LogP contribution is 2.23. The molecule has 0 unspecified atom stereocenters. The summed E-state index contributed by atoms with van der Waals surface area (Å²) in [6, 6.07) is 12.5. The molecule has 0 atom stereocenters. The number of nitrogens with zero attached hydrogens (tertiary/aromatic N) is 3. The zero-order valence-corrected chi connectivity index (χ0v) is 18.8. The van der Waals surface area contributed by atoms with E-state index in [1.807, 2.05) is 32.9 Å². The van der Waals surface area contributed by atoms with Crippen LogP contribution in [0.4, 0.5) is 0 Å². The van der Waals surface area contributed by atoms with E-state index < -0.39 is 11.4 Å². The average molecular weight is 472 g/mol. The van der Waals surface area contributed by atoms with Crippen molar-refractivity contribution in [3.05, 3.63) is 68.7 Å². The van der Waals surface area contributed by atoms with E-state index in [4.69, 9.17) is 4.74 Å². The average Bonchev–Trinajstić information content (AvgIpc) is 2.71. The largest absolute Gasteiger partial charge is 0.481 e. The summed E-state index contributed by atoms with van der Waals surface area (Å²) < 4.78 is 12.2. The molecular formula is C22H22BrN3O4. The Bertz CT molecular complexity index is 1180. The molecule has 1 heterocycles. The minimum Gasteiger partial charge on any atom is -0.481 e. The molecule has 2 aromatic carbocycles. The molecule has 0 saturated heterocycles. The van der Waals surface area contributed by atoms with Crippen LogP contribution < -0.4 is 10.3 Å². The van der Waals surface area contributed by atoms with E-state index in [1.54, 1.807) is 30.3 Å². The second kappa shape index (κ2) is 8.79. The van der Waals surface area contributed by atoms with Gasteiger partial charge in [0, 0.05) is 15.5 Å². The first-order chi connectivity index (χ1) is 14.2. The van der Waals surface area contributed by atoms with Crippen molar-refractivity contribution in [3.63, 3.8) is 0 Å². The van der Waals surface area contributed by atoms with Crippen molar-refractivity contribution >= 4 is 39.0 Å². The smallest absolute Gasteiger partial charge is 0.343 e. The molecule has 30 heavy (non-hydrogen) atoms. The van der Waals surface area contributed by atoms with Gasteiger partial charge in [0.2, 0.25) is 0 Å². The molecule has 0 aliphatic carbocycles. The molecule has 7 nitrogen and oxygen atoms in total. The van der Waals surface area contributed by atoms with Crippen molar-refractivity contribution in [1.82, 2.24) is 9.66 Å². The molecule has 0 amide bonds. The van der Waals surface area contributed by atoms with Crippen LogP contribution in [0.5, 0.6) is 5.75 Å². The number of fused-ring (bicyclic) bond motifs is 1. The Morgan fingerprint density at radius 2 is 1.97 bits per heavy atom. The van der Waals surface area contributed by atoms with Gasteiger partial charge in [-0.25, -0.2) is 9.78 Å². The third-order valence-corrected chi connectivity index (χ3v) is 4.78. The van der Waals surface area contributed by atoms with Crippen LogP contribution >= 0.6 is 15.9 Å². The highest BCUT2D eigenvalue weighted by atomic mass is 79.9. The van der Waals surface area contributed by atoms with Gasteiger partial charge in [0.05, 0.1) is 24.2 Å². The maximum atomic E-state index is 13.2. The highest BCUT2D eigenvalue weighted by molar-refractivity contribution is 9.10. The number of ether oxygens (including phenoxy) is 2. The summed E-state index contributed by atoms with van der Waals surface area (Å²) >= 11 is 3.40. The lowest BCUT2D eigenvalue weighted by Gasteiger charge is -2.21. The maximum absolute atomic E-state index is 13.2. The third-order valence-electron chi connectivity index (χ3n) is 4.28. The van der Waals surface area contributed by atoms with Crippen molar-refractivity contribution in [2.24, 2.45) is 5.10 Å². The molecule has 0 spiro atoms. The predicted octanol–water partition coefficient (Wildman–Crippen LogP) is 3.89. The number of carbonyl (C=O) groups is 1. The quantitative estimate of drug-likeness (QED) is 0.416. The number of aromatic nitrogens is 2. The lowest BCUT2D eigenvalue weighted by Crippen LogP contribution is -2.29. The molecular weight excluding hydrogens is 450 g/mol. The van der Waals surface area contributed by atoms with Gasteiger partial charge in [-0.1, -0.05) is 48.8 Å². The molecule has 3 rings (SSSR count). The van der Waals surface area contributed by atoms with Crippen molar-refractivity contribution in [2.75, 3.05) is 13.7 Å². The lowest BCUT2D eigenvalue weighted by molar-refractivity contribution is -0.142. The molecule has 0 radical (unpaired) electrons. The van der Waals surface area contributed by atoms with E-state index in [1.165, 1.54) is 18.0 Å². The predicted molar refractivity (Wildman–Crippen MR) is 119 cm³/mol. The van der Waals surface area contributed by atoms with Crippen molar-refractivity contribution in [3.8, 4) is 5.75 Å². The Labute approximate surface area is 182 Å². The van der Waals surface area contributed by atoms with Gasteiger partial charge in [0.1, 0.15) is 11.6 Å². The van der Waals surface area contributed by atoms with Crippen LogP contribution in [0.2, 0.25) is 0 Å². The van der Waals surface area contributed by atoms with Crippen molar-refractivity contribution in [1.29, 1.82) is 0 Å². The topological polar surface area (TPSA) is 82.8 Å². The van der Waals surface area contributed by atoms with Gasteiger partial charge >= 0.3 is 5.97 Å². The summed E-state index contributed by atoms with van der Waals surface area (Å²) in [5, 5.41) is 4.90. The van der Waals surface area contributed by atoms with Gasteiger partial charge in [-0.05, 0) is 30.3 Å². The van der Waals surface area contributed by atoms with E-state index in [0.29, 0.717) is 28.0 Å². The van der Waals surface area contributed by atoms with Crippen LogP contribution in [-0.2, 0) is 14.9 Å². The molecule has 3 aromatic rings. The summed E-state index contributed by atoms with van der Waals surface area (Å²) in [6.45, 7) is 5.69. The van der Waals surface area contributed by atoms with E-state index in [2.05, 4.69) is 30.8 Å². The van der Waals surface area contributed by atoms with Crippen LogP contribution in [0.25, 0.3) is 10.9 Å². The fourth-order valence-corrected chi connectivity index (χ4v) is 3.14. The van der Waals surface area contributed by atoms with E-state index >= 15 is 0 Å². The molecule has 0 bridgehead atoms. The minimum atomic E-state index is -0.489.